The highest BCUT2D eigenvalue weighted by molar-refractivity contribution is 7.89. The number of sulfonamides is 1. The van der Waals surface area contributed by atoms with Gasteiger partial charge >= 0.3 is 5.97 Å². The molecule has 0 unspecified atom stereocenters. The van der Waals surface area contributed by atoms with Crippen molar-refractivity contribution in [2.24, 2.45) is 0 Å². The van der Waals surface area contributed by atoms with Gasteiger partial charge in [-0.05, 0) is 49.6 Å². The molecule has 0 spiro atoms. The van der Waals surface area contributed by atoms with Gasteiger partial charge in [0.2, 0.25) is 10.0 Å². The molecule has 1 fully saturated rings. The second-order valence-electron chi connectivity index (χ2n) is 7.76. The van der Waals surface area contributed by atoms with Crippen LogP contribution in [0.5, 0.6) is 0 Å². The number of benzene rings is 1. The van der Waals surface area contributed by atoms with Crippen LogP contribution < -0.4 is 10.2 Å². The van der Waals surface area contributed by atoms with Crippen LogP contribution in [0.15, 0.2) is 41.4 Å². The molecule has 178 valence electrons. The number of ether oxygens (including phenoxy) is 1. The van der Waals surface area contributed by atoms with Crippen molar-refractivity contribution in [2.75, 3.05) is 43.0 Å². The molecule has 1 aliphatic heterocycles. The van der Waals surface area contributed by atoms with Crippen LogP contribution >= 0.6 is 0 Å². The third-order valence-corrected chi connectivity index (χ3v) is 7.73. The maximum atomic E-state index is 12.9. The van der Waals surface area contributed by atoms with Crippen LogP contribution in [0.25, 0.3) is 0 Å². The fourth-order valence-corrected chi connectivity index (χ4v) is 5.51. The summed E-state index contributed by atoms with van der Waals surface area (Å²) in [6.07, 6.45) is 3.70. The van der Waals surface area contributed by atoms with Crippen LogP contribution in [-0.2, 0) is 19.6 Å². The van der Waals surface area contributed by atoms with Gasteiger partial charge in [0, 0.05) is 38.1 Å². The van der Waals surface area contributed by atoms with Gasteiger partial charge < -0.3 is 15.0 Å². The number of carbonyl (C=O) groups excluding carboxylic acids is 2. The monoisotopic (exact) mass is 474 g/mol. The molecular formula is C23H30N4O5S. The van der Waals surface area contributed by atoms with Crippen LogP contribution in [0.4, 0.5) is 11.5 Å². The van der Waals surface area contributed by atoms with Crippen molar-refractivity contribution in [1.29, 1.82) is 0 Å². The molecule has 3 rings (SSSR count). The molecule has 0 radical (unpaired) electrons. The van der Waals surface area contributed by atoms with Crippen LogP contribution in [-0.4, -0.2) is 62.4 Å². The number of anilines is 2. The van der Waals surface area contributed by atoms with E-state index in [1.165, 1.54) is 10.4 Å². The minimum Gasteiger partial charge on any atom is -0.452 e. The Kier molecular flexibility index (Phi) is 8.04. The molecule has 33 heavy (non-hydrogen) atoms. The zero-order valence-electron chi connectivity index (χ0n) is 19.2. The van der Waals surface area contributed by atoms with Crippen LogP contribution in [0.1, 0.15) is 42.6 Å². The number of hydrogen-bond acceptors (Lipinski definition) is 7. The molecule has 10 heteroatoms. The second kappa shape index (κ2) is 10.8. The first-order chi connectivity index (χ1) is 15.8. The molecule has 2 heterocycles. The number of amides is 1. The minimum atomic E-state index is -3.68. The second-order valence-corrected chi connectivity index (χ2v) is 9.67. The summed E-state index contributed by atoms with van der Waals surface area (Å²) in [7, 11) is -3.68. The lowest BCUT2D eigenvalue weighted by Gasteiger charge is -2.20. The summed E-state index contributed by atoms with van der Waals surface area (Å²) in [6.45, 7) is 7.08. The van der Waals surface area contributed by atoms with Gasteiger partial charge in [-0.3, -0.25) is 4.79 Å². The third-order valence-electron chi connectivity index (χ3n) is 5.54. The van der Waals surface area contributed by atoms with Gasteiger partial charge in [0.1, 0.15) is 11.4 Å². The van der Waals surface area contributed by atoms with Crippen molar-refractivity contribution in [3.8, 4) is 0 Å². The standard InChI is InChI=1S/C23H30N4O5S/c1-4-27(5-2)33(30,31)20-15-18(11-10-17(20)3)25-21(28)16-32-23(29)19-9-8-12-24-22(19)26-13-6-7-14-26/h8-12,15H,4-7,13-14,16H2,1-3H3,(H,25,28). The first kappa shape index (κ1) is 24.7. The van der Waals surface area contributed by atoms with E-state index in [2.05, 4.69) is 10.3 Å². The van der Waals surface area contributed by atoms with Gasteiger partial charge in [0.05, 0.1) is 4.90 Å². The number of pyridine rings is 1. The molecule has 1 aromatic carbocycles. The van der Waals surface area contributed by atoms with Crippen LogP contribution in [0.2, 0.25) is 0 Å². The largest absolute Gasteiger partial charge is 0.452 e. The quantitative estimate of drug-likeness (QED) is 0.557. The van der Waals surface area contributed by atoms with E-state index >= 15 is 0 Å². The molecule has 1 aromatic heterocycles. The Morgan fingerprint density at radius 2 is 1.85 bits per heavy atom. The van der Waals surface area contributed by atoms with Crippen molar-refractivity contribution in [1.82, 2.24) is 9.29 Å². The molecule has 0 atom stereocenters. The Balaban J connectivity index is 1.67. The summed E-state index contributed by atoms with van der Waals surface area (Å²) < 4.78 is 32.4. The van der Waals surface area contributed by atoms with E-state index in [-0.39, 0.29) is 4.90 Å². The summed E-state index contributed by atoms with van der Waals surface area (Å²) >= 11 is 0. The van der Waals surface area contributed by atoms with Crippen molar-refractivity contribution >= 4 is 33.4 Å². The highest BCUT2D eigenvalue weighted by Gasteiger charge is 2.25. The number of esters is 1. The first-order valence-corrected chi connectivity index (χ1v) is 12.5. The molecular weight excluding hydrogens is 444 g/mol. The third kappa shape index (κ3) is 5.69. The van der Waals surface area contributed by atoms with Gasteiger partial charge in [-0.1, -0.05) is 19.9 Å². The molecule has 9 nitrogen and oxygen atoms in total. The van der Waals surface area contributed by atoms with E-state index in [0.29, 0.717) is 35.7 Å². The lowest BCUT2D eigenvalue weighted by atomic mass is 10.2. The molecule has 1 amide bonds. The van der Waals surface area contributed by atoms with Crippen molar-refractivity contribution < 1.29 is 22.7 Å². The average Bonchev–Trinajstić information content (AvgIpc) is 3.34. The van der Waals surface area contributed by atoms with Gasteiger partial charge in [0.25, 0.3) is 5.91 Å². The normalized spacial score (nSPS) is 13.9. The number of aromatic nitrogens is 1. The summed E-state index contributed by atoms with van der Waals surface area (Å²) in [5.41, 5.74) is 1.21. The zero-order valence-corrected chi connectivity index (χ0v) is 20.0. The number of carbonyl (C=O) groups is 2. The summed E-state index contributed by atoms with van der Waals surface area (Å²) in [5, 5.41) is 2.61. The van der Waals surface area contributed by atoms with E-state index in [1.54, 1.807) is 51.2 Å². The molecule has 1 N–H and O–H groups in total. The summed E-state index contributed by atoms with van der Waals surface area (Å²) in [6, 6.07) is 7.96. The Morgan fingerprint density at radius 1 is 1.15 bits per heavy atom. The van der Waals surface area contributed by atoms with E-state index < -0.39 is 28.5 Å². The van der Waals surface area contributed by atoms with Crippen LogP contribution in [0.3, 0.4) is 0 Å². The van der Waals surface area contributed by atoms with Crippen LogP contribution in [0, 0.1) is 6.92 Å². The highest BCUT2D eigenvalue weighted by atomic mass is 32.2. The van der Waals surface area contributed by atoms with Crippen molar-refractivity contribution in [3.05, 3.63) is 47.7 Å². The van der Waals surface area contributed by atoms with Crippen molar-refractivity contribution in [2.45, 2.75) is 38.5 Å². The van der Waals surface area contributed by atoms with E-state index in [9.17, 15) is 18.0 Å². The smallest absolute Gasteiger partial charge is 0.342 e. The highest BCUT2D eigenvalue weighted by Crippen LogP contribution is 2.24. The number of aryl methyl sites for hydroxylation is 1. The fourth-order valence-electron chi connectivity index (χ4n) is 3.80. The minimum absolute atomic E-state index is 0.131. The Morgan fingerprint density at radius 3 is 2.52 bits per heavy atom. The maximum absolute atomic E-state index is 12.9. The molecule has 1 aliphatic rings. The summed E-state index contributed by atoms with van der Waals surface area (Å²) in [4.78, 5) is 31.5. The van der Waals surface area contributed by atoms with Crippen molar-refractivity contribution in [3.63, 3.8) is 0 Å². The zero-order chi connectivity index (χ0) is 24.0. The van der Waals surface area contributed by atoms with E-state index in [4.69, 9.17) is 4.74 Å². The van der Waals surface area contributed by atoms with Gasteiger partial charge in [-0.25, -0.2) is 18.2 Å². The lowest BCUT2D eigenvalue weighted by Crippen LogP contribution is -2.31. The Hall–Kier alpha value is -2.98. The molecule has 1 saturated heterocycles. The predicted molar refractivity (Wildman–Crippen MR) is 126 cm³/mol. The molecule has 0 saturated carbocycles. The Bertz CT molecular complexity index is 1110. The number of hydrogen-bond donors (Lipinski definition) is 1. The SMILES string of the molecule is CCN(CC)S(=O)(=O)c1cc(NC(=O)COC(=O)c2cccnc2N2CCCC2)ccc1C. The fraction of sp³-hybridized carbons (Fsp3) is 0.435. The molecule has 2 aromatic rings. The summed E-state index contributed by atoms with van der Waals surface area (Å²) in [5.74, 6) is -0.635. The average molecular weight is 475 g/mol. The van der Waals surface area contributed by atoms with E-state index in [1.807, 2.05) is 4.90 Å². The van der Waals surface area contributed by atoms with Gasteiger partial charge in [-0.2, -0.15) is 4.31 Å². The maximum Gasteiger partial charge on any atom is 0.342 e. The van der Waals surface area contributed by atoms with E-state index in [0.717, 1.165) is 25.9 Å². The molecule has 0 aliphatic carbocycles. The first-order valence-electron chi connectivity index (χ1n) is 11.1. The van der Waals surface area contributed by atoms with Gasteiger partial charge in [0.15, 0.2) is 6.61 Å². The molecule has 0 bridgehead atoms. The number of nitrogens with zero attached hydrogens (tertiary/aromatic N) is 3. The predicted octanol–water partition coefficient (Wildman–Crippen LogP) is 2.82. The van der Waals surface area contributed by atoms with Gasteiger partial charge in [-0.15, -0.1) is 0 Å². The Labute approximate surface area is 194 Å². The number of nitrogens with one attached hydrogen (secondary N) is 1. The number of rotatable bonds is 9. The lowest BCUT2D eigenvalue weighted by molar-refractivity contribution is -0.119. The topological polar surface area (TPSA) is 109 Å².